The fraction of sp³-hybridized carbons (Fsp3) is 0.526. The van der Waals surface area contributed by atoms with Crippen molar-refractivity contribution in [3.8, 4) is 11.5 Å². The van der Waals surface area contributed by atoms with Crippen molar-refractivity contribution in [1.29, 1.82) is 0 Å². The third kappa shape index (κ3) is 5.39. The van der Waals surface area contributed by atoms with E-state index in [1.165, 1.54) is 0 Å². The van der Waals surface area contributed by atoms with Gasteiger partial charge in [0.2, 0.25) is 0 Å². The third-order valence-corrected chi connectivity index (χ3v) is 4.22. The van der Waals surface area contributed by atoms with Gasteiger partial charge in [-0.15, -0.1) is 0 Å². The molecule has 1 unspecified atom stereocenters. The summed E-state index contributed by atoms with van der Waals surface area (Å²) >= 11 is 0. The van der Waals surface area contributed by atoms with Gasteiger partial charge in [-0.1, -0.05) is 25.1 Å². The first kappa shape index (κ1) is 19.1. The molecule has 3 N–H and O–H groups in total. The second-order valence-corrected chi connectivity index (χ2v) is 6.27. The van der Waals surface area contributed by atoms with Crippen LogP contribution in [0.3, 0.4) is 0 Å². The van der Waals surface area contributed by atoms with Crippen LogP contribution in [0, 0.1) is 5.92 Å². The summed E-state index contributed by atoms with van der Waals surface area (Å²) in [5, 5.41) is 15.0. The summed E-state index contributed by atoms with van der Waals surface area (Å²) in [6.45, 7) is 4.71. The maximum absolute atomic E-state index is 12.2. The second kappa shape index (κ2) is 9.32. The Morgan fingerprint density at radius 3 is 2.80 bits per heavy atom. The zero-order valence-corrected chi connectivity index (χ0v) is 15.1. The van der Waals surface area contributed by atoms with Crippen LogP contribution in [-0.4, -0.2) is 37.5 Å². The number of hydrogen-bond donors (Lipinski definition) is 3. The van der Waals surface area contributed by atoms with Crippen LogP contribution in [-0.2, 0) is 0 Å². The van der Waals surface area contributed by atoms with Crippen LogP contribution in [0.1, 0.15) is 38.3 Å². The average molecular weight is 348 g/mol. The van der Waals surface area contributed by atoms with E-state index in [1.807, 2.05) is 44.2 Å². The molecule has 6 heteroatoms. The van der Waals surface area contributed by atoms with Gasteiger partial charge in [0.25, 0.3) is 0 Å². The Kier molecular flexibility index (Phi) is 7.13. The molecule has 0 saturated heterocycles. The standard InChI is InChI=1S/C19H28N2O4/c1-4-9-25-17-8-6-15(11-18(17)24-3)13(2)20-19(23)21-16-7-5-14(10-16)12-22/h5-8,11,13-14,16,22H,4,9-10,12H2,1-3H3,(H2,20,21,23)/t13?,14-,16+/m0/s1. The minimum Gasteiger partial charge on any atom is -0.493 e. The van der Waals surface area contributed by atoms with E-state index < -0.39 is 0 Å². The fourth-order valence-electron chi connectivity index (χ4n) is 2.79. The van der Waals surface area contributed by atoms with Crippen molar-refractivity contribution in [1.82, 2.24) is 10.6 Å². The first-order chi connectivity index (χ1) is 12.1. The molecule has 0 fully saturated rings. The molecule has 0 heterocycles. The van der Waals surface area contributed by atoms with Crippen molar-refractivity contribution in [2.45, 2.75) is 38.8 Å². The normalized spacial score (nSPS) is 20.2. The Morgan fingerprint density at radius 2 is 2.16 bits per heavy atom. The fourth-order valence-corrected chi connectivity index (χ4v) is 2.79. The van der Waals surface area contributed by atoms with Crippen LogP contribution in [0.15, 0.2) is 30.4 Å². The number of urea groups is 1. The Morgan fingerprint density at radius 1 is 1.36 bits per heavy atom. The first-order valence-corrected chi connectivity index (χ1v) is 8.74. The Bertz CT molecular complexity index is 603. The number of rotatable bonds is 8. The Hall–Kier alpha value is -2.21. The summed E-state index contributed by atoms with van der Waals surface area (Å²) in [7, 11) is 1.60. The molecule has 1 aromatic rings. The van der Waals surface area contributed by atoms with Gasteiger partial charge in [-0.2, -0.15) is 0 Å². The Labute approximate surface area is 149 Å². The Balaban J connectivity index is 1.92. The van der Waals surface area contributed by atoms with Crippen LogP contribution >= 0.6 is 0 Å². The van der Waals surface area contributed by atoms with Crippen molar-refractivity contribution in [3.63, 3.8) is 0 Å². The second-order valence-electron chi connectivity index (χ2n) is 6.27. The first-order valence-electron chi connectivity index (χ1n) is 8.74. The van der Waals surface area contributed by atoms with E-state index >= 15 is 0 Å². The summed E-state index contributed by atoms with van der Waals surface area (Å²) < 4.78 is 11.0. The highest BCUT2D eigenvalue weighted by Gasteiger charge is 2.20. The molecule has 1 aromatic carbocycles. The number of carbonyl (C=O) groups is 1. The van der Waals surface area contributed by atoms with E-state index in [4.69, 9.17) is 14.6 Å². The van der Waals surface area contributed by atoms with Crippen molar-refractivity contribution >= 4 is 6.03 Å². The van der Waals surface area contributed by atoms with Gasteiger partial charge in [0.05, 0.1) is 19.8 Å². The smallest absolute Gasteiger partial charge is 0.315 e. The molecule has 1 aliphatic rings. The number of aliphatic hydroxyl groups excluding tert-OH is 1. The number of ether oxygens (including phenoxy) is 2. The highest BCUT2D eigenvalue weighted by molar-refractivity contribution is 5.75. The van der Waals surface area contributed by atoms with Gasteiger partial charge >= 0.3 is 6.03 Å². The van der Waals surface area contributed by atoms with Crippen LogP contribution in [0.2, 0.25) is 0 Å². The highest BCUT2D eigenvalue weighted by Crippen LogP contribution is 2.30. The predicted molar refractivity (Wildman–Crippen MR) is 97.0 cm³/mol. The maximum Gasteiger partial charge on any atom is 0.315 e. The topological polar surface area (TPSA) is 79.8 Å². The van der Waals surface area contributed by atoms with Crippen molar-refractivity contribution < 1.29 is 19.4 Å². The molecule has 3 atom stereocenters. The molecule has 2 amide bonds. The van der Waals surface area contributed by atoms with Crippen LogP contribution < -0.4 is 20.1 Å². The van der Waals surface area contributed by atoms with Gasteiger partial charge in [-0.25, -0.2) is 4.79 Å². The largest absolute Gasteiger partial charge is 0.493 e. The molecule has 0 spiro atoms. The molecular formula is C19H28N2O4. The highest BCUT2D eigenvalue weighted by atomic mass is 16.5. The molecule has 25 heavy (non-hydrogen) atoms. The molecule has 0 radical (unpaired) electrons. The molecule has 2 rings (SSSR count). The number of carbonyl (C=O) groups excluding carboxylic acids is 1. The SMILES string of the molecule is CCCOc1ccc(C(C)NC(=O)N[C@@H]2C=C[C@H](CO)C2)cc1OC. The van der Waals surface area contributed by atoms with Crippen molar-refractivity contribution in [2.75, 3.05) is 20.3 Å². The lowest BCUT2D eigenvalue weighted by molar-refractivity contribution is 0.229. The van der Waals surface area contributed by atoms with Gasteiger partial charge in [0.1, 0.15) is 0 Å². The zero-order chi connectivity index (χ0) is 18.2. The molecule has 6 nitrogen and oxygen atoms in total. The van der Waals surface area contributed by atoms with Gasteiger partial charge in [0, 0.05) is 18.6 Å². The molecular weight excluding hydrogens is 320 g/mol. The van der Waals surface area contributed by atoms with Crippen molar-refractivity contribution in [2.24, 2.45) is 5.92 Å². The minimum absolute atomic E-state index is 0.0382. The third-order valence-electron chi connectivity index (χ3n) is 4.22. The number of aliphatic hydroxyl groups is 1. The number of hydrogen-bond acceptors (Lipinski definition) is 4. The lowest BCUT2D eigenvalue weighted by Gasteiger charge is -2.19. The van der Waals surface area contributed by atoms with Gasteiger partial charge in [-0.05, 0) is 37.5 Å². The lowest BCUT2D eigenvalue weighted by atomic mass is 10.1. The van der Waals surface area contributed by atoms with Crippen LogP contribution in [0.25, 0.3) is 0 Å². The summed E-state index contributed by atoms with van der Waals surface area (Å²) in [6, 6.07) is 5.23. The van der Waals surface area contributed by atoms with Gasteiger partial charge < -0.3 is 25.2 Å². The van der Waals surface area contributed by atoms with E-state index in [0.29, 0.717) is 18.1 Å². The van der Waals surface area contributed by atoms with Crippen molar-refractivity contribution in [3.05, 3.63) is 35.9 Å². The van der Waals surface area contributed by atoms with Crippen LogP contribution in [0.5, 0.6) is 11.5 Å². The molecule has 1 aliphatic carbocycles. The number of benzene rings is 1. The molecule has 0 aromatic heterocycles. The van der Waals surface area contributed by atoms with Gasteiger partial charge in [0.15, 0.2) is 11.5 Å². The summed E-state index contributed by atoms with van der Waals surface area (Å²) in [5.41, 5.74) is 0.936. The molecule has 0 saturated carbocycles. The quantitative estimate of drug-likeness (QED) is 0.631. The number of methoxy groups -OCH3 is 1. The van der Waals surface area contributed by atoms with Gasteiger partial charge in [-0.3, -0.25) is 0 Å². The van der Waals surface area contributed by atoms with E-state index in [9.17, 15) is 4.79 Å². The summed E-state index contributed by atoms with van der Waals surface area (Å²) in [6.07, 6.45) is 5.52. The molecule has 0 bridgehead atoms. The van der Waals surface area contributed by atoms with E-state index in [2.05, 4.69) is 10.6 Å². The number of nitrogens with one attached hydrogen (secondary N) is 2. The minimum atomic E-state index is -0.231. The monoisotopic (exact) mass is 348 g/mol. The molecule has 0 aliphatic heterocycles. The predicted octanol–water partition coefficient (Wildman–Crippen LogP) is 2.78. The van der Waals surface area contributed by atoms with E-state index in [0.717, 1.165) is 18.4 Å². The zero-order valence-electron chi connectivity index (χ0n) is 15.1. The average Bonchev–Trinajstić information content (AvgIpc) is 3.07. The molecule has 138 valence electrons. The summed E-state index contributed by atoms with van der Waals surface area (Å²) in [4.78, 5) is 12.2. The van der Waals surface area contributed by atoms with Crippen LogP contribution in [0.4, 0.5) is 4.79 Å². The lowest BCUT2D eigenvalue weighted by Crippen LogP contribution is -2.41. The maximum atomic E-state index is 12.2. The number of amides is 2. The van der Waals surface area contributed by atoms with E-state index in [-0.39, 0.29) is 30.6 Å². The van der Waals surface area contributed by atoms with E-state index in [1.54, 1.807) is 7.11 Å². The summed E-state index contributed by atoms with van der Waals surface area (Å²) in [5.74, 6) is 1.49.